The third-order valence-electron chi connectivity index (χ3n) is 2.69. The van der Waals surface area contributed by atoms with Crippen molar-refractivity contribution in [3.8, 4) is 0 Å². The number of nitrogens with two attached hydrogens (primary N) is 1. The lowest BCUT2D eigenvalue weighted by Crippen LogP contribution is -2.18. The van der Waals surface area contributed by atoms with Crippen molar-refractivity contribution in [2.45, 2.75) is 12.7 Å². The summed E-state index contributed by atoms with van der Waals surface area (Å²) in [5, 5.41) is 2.92. The molecule has 1 aromatic heterocycles. The molecule has 0 atom stereocenters. The van der Waals surface area contributed by atoms with Gasteiger partial charge >= 0.3 is 6.18 Å². The van der Waals surface area contributed by atoms with Crippen molar-refractivity contribution in [1.82, 2.24) is 0 Å². The van der Waals surface area contributed by atoms with Crippen molar-refractivity contribution in [3.63, 3.8) is 0 Å². The lowest BCUT2D eigenvalue weighted by molar-refractivity contribution is -0.137. The first kappa shape index (κ1) is 16.1. The van der Waals surface area contributed by atoms with Crippen LogP contribution in [0, 0.1) is 0 Å². The van der Waals surface area contributed by atoms with E-state index in [1.54, 1.807) is 6.07 Å². The maximum Gasteiger partial charge on any atom is 0.417 e. The molecule has 0 aliphatic carbocycles. The fourth-order valence-corrected chi connectivity index (χ4v) is 2.94. The first-order chi connectivity index (χ1) is 9.77. The number of anilines is 1. The predicted octanol–water partition coefficient (Wildman–Crippen LogP) is 4.67. The van der Waals surface area contributed by atoms with Crippen LogP contribution in [0.3, 0.4) is 0 Å². The van der Waals surface area contributed by atoms with Gasteiger partial charge in [0, 0.05) is 22.7 Å². The average molecular weight is 351 g/mol. The van der Waals surface area contributed by atoms with Gasteiger partial charge in [0.15, 0.2) is 0 Å². The van der Waals surface area contributed by atoms with Crippen LogP contribution in [0.5, 0.6) is 0 Å². The minimum absolute atomic E-state index is 0.179. The van der Waals surface area contributed by atoms with Gasteiger partial charge in [0.05, 0.1) is 9.90 Å². The molecule has 8 heteroatoms. The van der Waals surface area contributed by atoms with E-state index >= 15 is 0 Å². The molecule has 0 spiro atoms. The quantitative estimate of drug-likeness (QED) is 0.787. The molecular formula is C13H10ClF3N2S2. The number of nitrogens with one attached hydrogen (secondary N) is 1. The van der Waals surface area contributed by atoms with Gasteiger partial charge in [-0.25, -0.2) is 0 Å². The average Bonchev–Trinajstić information content (AvgIpc) is 2.81. The molecule has 0 bridgehead atoms. The third kappa shape index (κ3) is 4.09. The highest BCUT2D eigenvalue weighted by Gasteiger charge is 2.34. The Morgan fingerprint density at radius 2 is 2.00 bits per heavy atom. The first-order valence-corrected chi connectivity index (χ1v) is 7.37. The minimum Gasteiger partial charge on any atom is -0.389 e. The van der Waals surface area contributed by atoms with E-state index in [-0.39, 0.29) is 10.6 Å². The summed E-state index contributed by atoms with van der Waals surface area (Å²) in [5.41, 5.74) is 4.64. The SMILES string of the molecule is NC(=S)c1ccc(NCc2ccc(Cl)s2)cc1C(F)(F)F. The van der Waals surface area contributed by atoms with Crippen molar-refractivity contribution >= 4 is 45.8 Å². The standard InChI is InChI=1S/C13H10ClF3N2S2/c14-11-4-2-8(21-11)6-19-7-1-3-9(12(18)20)10(5-7)13(15,16)17/h1-5,19H,6H2,(H2,18,20). The van der Waals surface area contributed by atoms with Crippen LogP contribution in [-0.2, 0) is 12.7 Å². The Kier molecular flexibility index (Phi) is 4.75. The van der Waals surface area contributed by atoms with Crippen molar-refractivity contribution in [2.24, 2.45) is 5.73 Å². The van der Waals surface area contributed by atoms with E-state index in [9.17, 15) is 13.2 Å². The van der Waals surface area contributed by atoms with Gasteiger partial charge in [-0.15, -0.1) is 11.3 Å². The summed E-state index contributed by atoms with van der Waals surface area (Å²) in [7, 11) is 0. The van der Waals surface area contributed by atoms with Gasteiger partial charge in [-0.2, -0.15) is 13.2 Å². The van der Waals surface area contributed by atoms with Crippen LogP contribution in [0.2, 0.25) is 4.34 Å². The lowest BCUT2D eigenvalue weighted by Gasteiger charge is -2.14. The second-order valence-electron chi connectivity index (χ2n) is 4.18. The van der Waals surface area contributed by atoms with E-state index in [0.717, 1.165) is 10.9 Å². The summed E-state index contributed by atoms with van der Waals surface area (Å²) in [5.74, 6) is 0. The summed E-state index contributed by atoms with van der Waals surface area (Å²) < 4.78 is 39.6. The molecule has 2 nitrogen and oxygen atoms in total. The van der Waals surface area contributed by atoms with E-state index in [2.05, 4.69) is 17.5 Å². The summed E-state index contributed by atoms with van der Waals surface area (Å²) in [6, 6.07) is 7.34. The molecule has 1 heterocycles. The number of hydrogen-bond acceptors (Lipinski definition) is 3. The molecule has 0 saturated heterocycles. The fourth-order valence-electron chi connectivity index (χ4n) is 1.74. The molecule has 0 aliphatic heterocycles. The topological polar surface area (TPSA) is 38.0 Å². The van der Waals surface area contributed by atoms with E-state index < -0.39 is 11.7 Å². The maximum absolute atomic E-state index is 13.0. The molecule has 0 saturated carbocycles. The molecule has 1 aromatic carbocycles. The zero-order valence-corrected chi connectivity index (χ0v) is 12.9. The van der Waals surface area contributed by atoms with Crippen molar-refractivity contribution in [2.75, 3.05) is 5.32 Å². The number of thiophene rings is 1. The number of alkyl halides is 3. The molecule has 3 N–H and O–H groups in total. The largest absolute Gasteiger partial charge is 0.417 e. The maximum atomic E-state index is 13.0. The minimum atomic E-state index is -4.51. The van der Waals surface area contributed by atoms with Gasteiger partial charge in [0.2, 0.25) is 0 Å². The second kappa shape index (κ2) is 6.21. The number of benzene rings is 1. The Balaban J connectivity index is 2.23. The van der Waals surface area contributed by atoms with Crippen LogP contribution in [0.1, 0.15) is 16.0 Å². The normalized spacial score (nSPS) is 11.4. The zero-order chi connectivity index (χ0) is 15.6. The van der Waals surface area contributed by atoms with Gasteiger partial charge in [-0.3, -0.25) is 0 Å². The molecule has 2 rings (SSSR count). The summed E-state index contributed by atoms with van der Waals surface area (Å²) in [6.07, 6.45) is -4.51. The van der Waals surface area contributed by atoms with Crippen molar-refractivity contribution in [1.29, 1.82) is 0 Å². The van der Waals surface area contributed by atoms with Gasteiger partial charge in [-0.05, 0) is 30.3 Å². The Morgan fingerprint density at radius 3 is 2.52 bits per heavy atom. The van der Waals surface area contributed by atoms with Gasteiger partial charge in [-0.1, -0.05) is 23.8 Å². The number of rotatable bonds is 4. The number of thiocarbonyl (C=S) groups is 1. The van der Waals surface area contributed by atoms with Crippen LogP contribution in [0.4, 0.5) is 18.9 Å². The van der Waals surface area contributed by atoms with E-state index in [0.29, 0.717) is 16.6 Å². The number of halogens is 4. The van der Waals surface area contributed by atoms with E-state index in [4.69, 9.17) is 17.3 Å². The van der Waals surface area contributed by atoms with Crippen LogP contribution in [-0.4, -0.2) is 4.99 Å². The summed E-state index contributed by atoms with van der Waals surface area (Å²) in [4.78, 5) is 0.644. The monoisotopic (exact) mass is 350 g/mol. The van der Waals surface area contributed by atoms with Gasteiger partial charge in [0.1, 0.15) is 4.99 Å². The molecule has 0 aliphatic rings. The summed E-state index contributed by atoms with van der Waals surface area (Å²) in [6.45, 7) is 0.390. The van der Waals surface area contributed by atoms with Crippen LogP contribution >= 0.6 is 35.2 Å². The van der Waals surface area contributed by atoms with Crippen molar-refractivity contribution in [3.05, 3.63) is 50.7 Å². The van der Waals surface area contributed by atoms with Gasteiger partial charge in [0.25, 0.3) is 0 Å². The third-order valence-corrected chi connectivity index (χ3v) is 4.14. The first-order valence-electron chi connectivity index (χ1n) is 5.76. The highest BCUT2D eigenvalue weighted by Crippen LogP contribution is 2.34. The Hall–Kier alpha value is -1.31. The molecule has 0 amide bonds. The molecule has 0 fully saturated rings. The zero-order valence-electron chi connectivity index (χ0n) is 10.5. The number of hydrogen-bond donors (Lipinski definition) is 2. The predicted molar refractivity (Wildman–Crippen MR) is 84.0 cm³/mol. The van der Waals surface area contributed by atoms with Crippen molar-refractivity contribution < 1.29 is 13.2 Å². The molecule has 21 heavy (non-hydrogen) atoms. The molecule has 112 valence electrons. The highest BCUT2D eigenvalue weighted by molar-refractivity contribution is 7.80. The Morgan fingerprint density at radius 1 is 1.29 bits per heavy atom. The highest BCUT2D eigenvalue weighted by atomic mass is 35.5. The molecule has 0 unspecified atom stereocenters. The summed E-state index contributed by atoms with van der Waals surface area (Å²) >= 11 is 11.8. The smallest absolute Gasteiger partial charge is 0.389 e. The lowest BCUT2D eigenvalue weighted by atomic mass is 10.1. The van der Waals surface area contributed by atoms with Crippen LogP contribution in [0.15, 0.2) is 30.3 Å². The molecular weight excluding hydrogens is 341 g/mol. The van der Waals surface area contributed by atoms with Crippen LogP contribution < -0.4 is 11.1 Å². The van der Waals surface area contributed by atoms with E-state index in [1.165, 1.54) is 23.5 Å². The Bertz CT molecular complexity index is 668. The molecule has 2 aromatic rings. The van der Waals surface area contributed by atoms with E-state index in [1.807, 2.05) is 6.07 Å². The van der Waals surface area contributed by atoms with Gasteiger partial charge < -0.3 is 11.1 Å². The second-order valence-corrected chi connectivity index (χ2v) is 6.42. The fraction of sp³-hybridized carbons (Fsp3) is 0.154. The Labute approximate surface area is 133 Å². The molecule has 0 radical (unpaired) electrons. The van der Waals surface area contributed by atoms with Crippen LogP contribution in [0.25, 0.3) is 0 Å².